The van der Waals surface area contributed by atoms with Crippen LogP contribution in [0.1, 0.15) is 22.9 Å². The van der Waals surface area contributed by atoms with Gasteiger partial charge in [0.1, 0.15) is 6.33 Å². The average molecular weight is 243 g/mol. The van der Waals surface area contributed by atoms with E-state index in [4.69, 9.17) is 10.5 Å². The molecular formula is C14H17N3O. The van der Waals surface area contributed by atoms with E-state index in [0.717, 1.165) is 12.1 Å². The SMILES string of the molecule is COc1cc(C(N)Cc2ccc(C)cc2)ncn1. The minimum absolute atomic E-state index is 0.149. The van der Waals surface area contributed by atoms with Crippen LogP contribution in [0, 0.1) is 6.92 Å². The number of nitrogens with zero attached hydrogens (tertiary/aromatic N) is 2. The summed E-state index contributed by atoms with van der Waals surface area (Å²) in [6.45, 7) is 2.07. The molecule has 1 atom stereocenters. The van der Waals surface area contributed by atoms with E-state index in [2.05, 4.69) is 41.2 Å². The van der Waals surface area contributed by atoms with Gasteiger partial charge in [-0.2, -0.15) is 0 Å². The predicted molar refractivity (Wildman–Crippen MR) is 70.4 cm³/mol. The van der Waals surface area contributed by atoms with Gasteiger partial charge in [-0.1, -0.05) is 29.8 Å². The molecule has 0 amide bonds. The summed E-state index contributed by atoms with van der Waals surface area (Å²) in [7, 11) is 1.58. The largest absolute Gasteiger partial charge is 0.481 e. The Morgan fingerprint density at radius 3 is 2.61 bits per heavy atom. The number of aryl methyl sites for hydroxylation is 1. The molecule has 2 rings (SSSR count). The number of methoxy groups -OCH3 is 1. The summed E-state index contributed by atoms with van der Waals surface area (Å²) < 4.78 is 5.06. The highest BCUT2D eigenvalue weighted by Gasteiger charge is 2.10. The van der Waals surface area contributed by atoms with Crippen molar-refractivity contribution in [1.82, 2.24) is 9.97 Å². The Morgan fingerprint density at radius 2 is 1.94 bits per heavy atom. The molecule has 1 aromatic heterocycles. The minimum atomic E-state index is -0.149. The Balaban J connectivity index is 2.11. The second-order valence-electron chi connectivity index (χ2n) is 4.28. The molecule has 0 bridgehead atoms. The van der Waals surface area contributed by atoms with Crippen LogP contribution in [-0.4, -0.2) is 17.1 Å². The zero-order valence-electron chi connectivity index (χ0n) is 10.6. The molecule has 94 valence electrons. The highest BCUT2D eigenvalue weighted by Crippen LogP contribution is 2.17. The first kappa shape index (κ1) is 12.5. The summed E-state index contributed by atoms with van der Waals surface area (Å²) in [4.78, 5) is 8.15. The van der Waals surface area contributed by atoms with E-state index in [1.54, 1.807) is 13.2 Å². The zero-order valence-corrected chi connectivity index (χ0v) is 10.6. The van der Waals surface area contributed by atoms with Crippen LogP contribution in [0.15, 0.2) is 36.7 Å². The fourth-order valence-corrected chi connectivity index (χ4v) is 1.75. The summed E-state index contributed by atoms with van der Waals surface area (Å²) in [5.41, 5.74) is 9.38. The van der Waals surface area contributed by atoms with Gasteiger partial charge in [-0.25, -0.2) is 9.97 Å². The van der Waals surface area contributed by atoms with E-state index in [0.29, 0.717) is 5.88 Å². The Labute approximate surface area is 107 Å². The van der Waals surface area contributed by atoms with E-state index in [1.165, 1.54) is 17.5 Å². The summed E-state index contributed by atoms with van der Waals surface area (Å²) >= 11 is 0. The lowest BCUT2D eigenvalue weighted by Crippen LogP contribution is -2.15. The van der Waals surface area contributed by atoms with Crippen molar-refractivity contribution in [1.29, 1.82) is 0 Å². The first-order valence-corrected chi connectivity index (χ1v) is 5.86. The van der Waals surface area contributed by atoms with Crippen molar-refractivity contribution in [2.75, 3.05) is 7.11 Å². The fourth-order valence-electron chi connectivity index (χ4n) is 1.75. The molecule has 0 spiro atoms. The van der Waals surface area contributed by atoms with Crippen molar-refractivity contribution in [3.63, 3.8) is 0 Å². The van der Waals surface area contributed by atoms with Gasteiger partial charge in [-0.15, -0.1) is 0 Å². The highest BCUT2D eigenvalue weighted by molar-refractivity contribution is 5.24. The van der Waals surface area contributed by atoms with Crippen LogP contribution in [0.4, 0.5) is 0 Å². The van der Waals surface area contributed by atoms with Gasteiger partial charge in [0.05, 0.1) is 18.8 Å². The lowest BCUT2D eigenvalue weighted by atomic mass is 10.0. The van der Waals surface area contributed by atoms with E-state index in [1.807, 2.05) is 0 Å². The van der Waals surface area contributed by atoms with Crippen molar-refractivity contribution in [3.8, 4) is 5.88 Å². The van der Waals surface area contributed by atoms with Crippen LogP contribution in [0.25, 0.3) is 0 Å². The van der Waals surface area contributed by atoms with E-state index < -0.39 is 0 Å². The van der Waals surface area contributed by atoms with E-state index in [9.17, 15) is 0 Å². The zero-order chi connectivity index (χ0) is 13.0. The molecule has 0 aliphatic carbocycles. The number of ether oxygens (including phenoxy) is 1. The number of hydrogen-bond acceptors (Lipinski definition) is 4. The molecule has 2 N–H and O–H groups in total. The quantitative estimate of drug-likeness (QED) is 0.892. The first-order valence-electron chi connectivity index (χ1n) is 5.86. The Hall–Kier alpha value is -1.94. The topological polar surface area (TPSA) is 61.0 Å². The maximum absolute atomic E-state index is 6.14. The monoisotopic (exact) mass is 243 g/mol. The molecule has 0 saturated heterocycles. The molecule has 0 radical (unpaired) electrons. The van der Waals surface area contributed by atoms with Gasteiger partial charge in [0.2, 0.25) is 5.88 Å². The van der Waals surface area contributed by atoms with Crippen LogP contribution < -0.4 is 10.5 Å². The molecule has 2 aromatic rings. The third-order valence-electron chi connectivity index (χ3n) is 2.83. The van der Waals surface area contributed by atoms with Gasteiger partial charge in [0.15, 0.2) is 0 Å². The smallest absolute Gasteiger partial charge is 0.216 e. The van der Waals surface area contributed by atoms with Gasteiger partial charge in [-0.3, -0.25) is 0 Å². The molecule has 1 heterocycles. The van der Waals surface area contributed by atoms with Crippen LogP contribution in [-0.2, 0) is 6.42 Å². The summed E-state index contributed by atoms with van der Waals surface area (Å²) in [6, 6.07) is 9.98. The molecule has 18 heavy (non-hydrogen) atoms. The highest BCUT2D eigenvalue weighted by atomic mass is 16.5. The van der Waals surface area contributed by atoms with Gasteiger partial charge < -0.3 is 10.5 Å². The van der Waals surface area contributed by atoms with Crippen molar-refractivity contribution in [2.45, 2.75) is 19.4 Å². The third kappa shape index (κ3) is 3.05. The predicted octanol–water partition coefficient (Wildman–Crippen LogP) is 2.04. The maximum Gasteiger partial charge on any atom is 0.216 e. The van der Waals surface area contributed by atoms with Crippen LogP contribution in [0.5, 0.6) is 5.88 Å². The Kier molecular flexibility index (Phi) is 3.89. The molecule has 0 fully saturated rings. The number of benzene rings is 1. The van der Waals surface area contributed by atoms with Gasteiger partial charge in [0.25, 0.3) is 0 Å². The molecule has 0 aliphatic heterocycles. The summed E-state index contributed by atoms with van der Waals surface area (Å²) in [5, 5.41) is 0. The lowest BCUT2D eigenvalue weighted by molar-refractivity contribution is 0.395. The maximum atomic E-state index is 6.14. The van der Waals surface area contributed by atoms with Crippen molar-refractivity contribution < 1.29 is 4.74 Å². The normalized spacial score (nSPS) is 12.2. The van der Waals surface area contributed by atoms with Gasteiger partial charge in [-0.05, 0) is 18.9 Å². The number of aromatic nitrogens is 2. The number of nitrogens with two attached hydrogens (primary N) is 1. The summed E-state index contributed by atoms with van der Waals surface area (Å²) in [5.74, 6) is 0.541. The van der Waals surface area contributed by atoms with Crippen LogP contribution in [0.2, 0.25) is 0 Å². The van der Waals surface area contributed by atoms with Gasteiger partial charge >= 0.3 is 0 Å². The molecule has 1 aromatic carbocycles. The van der Waals surface area contributed by atoms with Crippen molar-refractivity contribution in [2.24, 2.45) is 5.73 Å². The molecular weight excluding hydrogens is 226 g/mol. The summed E-state index contributed by atoms with van der Waals surface area (Å²) in [6.07, 6.45) is 2.23. The Morgan fingerprint density at radius 1 is 1.22 bits per heavy atom. The molecule has 1 unspecified atom stereocenters. The molecule has 0 saturated carbocycles. The second kappa shape index (κ2) is 5.60. The van der Waals surface area contributed by atoms with Crippen molar-refractivity contribution >= 4 is 0 Å². The van der Waals surface area contributed by atoms with Crippen LogP contribution >= 0.6 is 0 Å². The van der Waals surface area contributed by atoms with Gasteiger partial charge in [0, 0.05) is 6.07 Å². The average Bonchev–Trinajstić information content (AvgIpc) is 2.41. The third-order valence-corrected chi connectivity index (χ3v) is 2.83. The second-order valence-corrected chi connectivity index (χ2v) is 4.28. The minimum Gasteiger partial charge on any atom is -0.481 e. The van der Waals surface area contributed by atoms with Crippen molar-refractivity contribution in [3.05, 3.63) is 53.5 Å². The molecule has 4 heteroatoms. The molecule has 0 aliphatic rings. The first-order chi connectivity index (χ1) is 8.69. The number of rotatable bonds is 4. The lowest BCUT2D eigenvalue weighted by Gasteiger charge is -2.11. The van der Waals surface area contributed by atoms with Crippen LogP contribution in [0.3, 0.4) is 0 Å². The van der Waals surface area contributed by atoms with E-state index >= 15 is 0 Å². The number of hydrogen-bond donors (Lipinski definition) is 1. The fraction of sp³-hybridized carbons (Fsp3) is 0.286. The standard InChI is InChI=1S/C14H17N3O/c1-10-3-5-11(6-4-10)7-12(15)13-8-14(18-2)17-9-16-13/h3-6,8-9,12H,7,15H2,1-2H3. The van der Waals surface area contributed by atoms with E-state index in [-0.39, 0.29) is 6.04 Å². The molecule has 4 nitrogen and oxygen atoms in total. The Bertz CT molecular complexity index is 511.